The zero-order chi connectivity index (χ0) is 14.8. The summed E-state index contributed by atoms with van der Waals surface area (Å²) in [5, 5.41) is 23.7. The van der Waals surface area contributed by atoms with E-state index in [0.29, 0.717) is 22.7 Å². The van der Waals surface area contributed by atoms with Crippen LogP contribution in [0.5, 0.6) is 0 Å². The molecule has 0 aliphatic carbocycles. The molecular weight excluding hydrogens is 268 g/mol. The van der Waals surface area contributed by atoms with Gasteiger partial charge in [-0.3, -0.25) is 4.79 Å². The van der Waals surface area contributed by atoms with Gasteiger partial charge in [-0.15, -0.1) is 10.2 Å². The number of para-hydroxylation sites is 1. The van der Waals surface area contributed by atoms with Gasteiger partial charge in [0.05, 0.1) is 11.3 Å². The number of nitriles is 1. The first-order chi connectivity index (χ1) is 10.2. The Bertz CT molecular complexity index is 877. The highest BCUT2D eigenvalue weighted by Gasteiger charge is 2.12. The number of fused-ring (bicyclic) bond motifs is 1. The van der Waals surface area contributed by atoms with Crippen molar-refractivity contribution in [1.29, 1.82) is 5.26 Å². The van der Waals surface area contributed by atoms with Crippen LogP contribution in [-0.4, -0.2) is 25.7 Å². The van der Waals surface area contributed by atoms with E-state index in [2.05, 4.69) is 20.6 Å². The average Bonchev–Trinajstić information content (AvgIpc) is 2.88. The molecule has 1 aromatic carbocycles. The first-order valence-electron chi connectivity index (χ1n) is 6.18. The molecular formula is C14H10N6O. The fourth-order valence-electron chi connectivity index (χ4n) is 1.89. The molecule has 3 aromatic rings. The van der Waals surface area contributed by atoms with Crippen LogP contribution in [0, 0.1) is 18.3 Å². The number of carbonyl (C=O) groups excluding carboxylic acids is 1. The van der Waals surface area contributed by atoms with Gasteiger partial charge in [0.1, 0.15) is 11.8 Å². The van der Waals surface area contributed by atoms with Crippen LogP contribution in [0.15, 0.2) is 36.4 Å². The zero-order valence-corrected chi connectivity index (χ0v) is 11.1. The van der Waals surface area contributed by atoms with Crippen LogP contribution in [0.3, 0.4) is 0 Å². The summed E-state index contributed by atoms with van der Waals surface area (Å²) in [6, 6.07) is 12.0. The maximum absolute atomic E-state index is 12.2. The number of amides is 1. The maximum atomic E-state index is 12.2. The van der Waals surface area contributed by atoms with Crippen LogP contribution < -0.4 is 5.32 Å². The molecule has 0 aliphatic rings. The molecule has 0 saturated heterocycles. The quantitative estimate of drug-likeness (QED) is 0.767. The van der Waals surface area contributed by atoms with Crippen LogP contribution in [0.4, 0.5) is 5.69 Å². The Labute approximate surface area is 119 Å². The smallest absolute Gasteiger partial charge is 0.276 e. The molecule has 0 unspecified atom stereocenters. The van der Waals surface area contributed by atoms with Gasteiger partial charge >= 0.3 is 0 Å². The highest BCUT2D eigenvalue weighted by molar-refractivity contribution is 6.03. The van der Waals surface area contributed by atoms with Crippen molar-refractivity contribution in [3.63, 3.8) is 0 Å². The van der Waals surface area contributed by atoms with Crippen molar-refractivity contribution in [2.75, 3.05) is 5.32 Å². The van der Waals surface area contributed by atoms with E-state index in [-0.39, 0.29) is 5.69 Å². The lowest BCUT2D eigenvalue weighted by molar-refractivity contribution is 0.102. The molecule has 0 atom stereocenters. The number of benzene rings is 1. The molecule has 102 valence electrons. The molecule has 0 spiro atoms. The minimum atomic E-state index is -0.396. The van der Waals surface area contributed by atoms with Gasteiger partial charge in [-0.05, 0) is 31.2 Å². The predicted molar refractivity (Wildman–Crippen MR) is 74.6 cm³/mol. The molecule has 2 aromatic heterocycles. The fourth-order valence-corrected chi connectivity index (χ4v) is 1.89. The molecule has 0 fully saturated rings. The van der Waals surface area contributed by atoms with Gasteiger partial charge in [-0.2, -0.15) is 14.9 Å². The summed E-state index contributed by atoms with van der Waals surface area (Å²) in [5.74, 6) is 0.199. The fraction of sp³-hybridized carbons (Fsp3) is 0.0714. The van der Waals surface area contributed by atoms with E-state index in [9.17, 15) is 4.79 Å². The molecule has 7 nitrogen and oxygen atoms in total. The maximum Gasteiger partial charge on any atom is 0.276 e. The first-order valence-corrected chi connectivity index (χ1v) is 6.18. The molecule has 3 rings (SSSR count). The monoisotopic (exact) mass is 278 g/mol. The van der Waals surface area contributed by atoms with Crippen LogP contribution in [0.2, 0.25) is 0 Å². The van der Waals surface area contributed by atoms with E-state index in [1.807, 2.05) is 6.07 Å². The predicted octanol–water partition coefficient (Wildman–Crippen LogP) is 1.56. The largest absolute Gasteiger partial charge is 0.319 e. The second kappa shape index (κ2) is 5.02. The Hall–Kier alpha value is -3.27. The normalized spacial score (nSPS) is 10.3. The lowest BCUT2D eigenvalue weighted by atomic mass is 10.2. The number of aryl methyl sites for hydroxylation is 1. The number of carbonyl (C=O) groups is 1. The summed E-state index contributed by atoms with van der Waals surface area (Å²) in [5.41, 5.74) is 1.64. The first kappa shape index (κ1) is 12.7. The highest BCUT2D eigenvalue weighted by Crippen LogP contribution is 2.14. The number of nitrogens with one attached hydrogen (secondary N) is 1. The van der Waals surface area contributed by atoms with Gasteiger partial charge in [0.2, 0.25) is 0 Å². The number of anilines is 1. The minimum absolute atomic E-state index is 0.221. The molecule has 0 radical (unpaired) electrons. The van der Waals surface area contributed by atoms with Gasteiger partial charge in [-0.1, -0.05) is 12.1 Å². The minimum Gasteiger partial charge on any atom is -0.319 e. The molecule has 2 heterocycles. The van der Waals surface area contributed by atoms with Crippen LogP contribution in [-0.2, 0) is 0 Å². The molecule has 1 amide bonds. The Morgan fingerprint density at radius 2 is 2.05 bits per heavy atom. The van der Waals surface area contributed by atoms with Crippen molar-refractivity contribution in [3.8, 4) is 6.07 Å². The number of nitrogens with zero attached hydrogens (tertiary/aromatic N) is 5. The van der Waals surface area contributed by atoms with Crippen LogP contribution in [0.25, 0.3) is 5.65 Å². The summed E-state index contributed by atoms with van der Waals surface area (Å²) >= 11 is 0. The van der Waals surface area contributed by atoms with Gasteiger partial charge < -0.3 is 5.32 Å². The topological polar surface area (TPSA) is 96.0 Å². The molecule has 21 heavy (non-hydrogen) atoms. The van der Waals surface area contributed by atoms with Crippen molar-refractivity contribution in [2.24, 2.45) is 0 Å². The molecule has 1 N–H and O–H groups in total. The third-order valence-corrected chi connectivity index (χ3v) is 2.95. The van der Waals surface area contributed by atoms with E-state index in [1.54, 1.807) is 43.3 Å². The summed E-state index contributed by atoms with van der Waals surface area (Å²) in [6.45, 7) is 1.75. The van der Waals surface area contributed by atoms with Crippen molar-refractivity contribution in [3.05, 3.63) is 53.5 Å². The van der Waals surface area contributed by atoms with E-state index in [0.717, 1.165) is 0 Å². The highest BCUT2D eigenvalue weighted by atomic mass is 16.1. The number of hydrogen-bond donors (Lipinski definition) is 1. The van der Waals surface area contributed by atoms with E-state index in [1.165, 1.54) is 4.52 Å². The number of aromatic nitrogens is 4. The molecule has 0 aliphatic heterocycles. The van der Waals surface area contributed by atoms with Gasteiger partial charge in [0.15, 0.2) is 11.5 Å². The molecule has 7 heteroatoms. The van der Waals surface area contributed by atoms with Crippen molar-refractivity contribution >= 4 is 17.2 Å². The lowest BCUT2D eigenvalue weighted by Gasteiger charge is -2.06. The van der Waals surface area contributed by atoms with Gasteiger partial charge in [-0.25, -0.2) is 0 Å². The standard InChI is InChI=1S/C14H10N6O/c1-9-17-18-13-7-6-12(19-20(9)13)14(21)16-11-5-3-2-4-10(11)8-15/h2-7H,1H3,(H,16,21). The molecule has 0 bridgehead atoms. The summed E-state index contributed by atoms with van der Waals surface area (Å²) < 4.78 is 1.49. The lowest BCUT2D eigenvalue weighted by Crippen LogP contribution is -2.16. The van der Waals surface area contributed by atoms with Gasteiger partial charge in [0, 0.05) is 0 Å². The van der Waals surface area contributed by atoms with Crippen LogP contribution in [0.1, 0.15) is 21.9 Å². The zero-order valence-electron chi connectivity index (χ0n) is 11.1. The third kappa shape index (κ3) is 2.30. The Kier molecular flexibility index (Phi) is 3.04. The Morgan fingerprint density at radius 3 is 2.86 bits per heavy atom. The van der Waals surface area contributed by atoms with E-state index >= 15 is 0 Å². The third-order valence-electron chi connectivity index (χ3n) is 2.95. The van der Waals surface area contributed by atoms with Crippen LogP contribution >= 0.6 is 0 Å². The molecule has 0 saturated carbocycles. The Morgan fingerprint density at radius 1 is 1.24 bits per heavy atom. The SMILES string of the molecule is Cc1nnc2ccc(C(=O)Nc3ccccc3C#N)nn12. The van der Waals surface area contributed by atoms with Gasteiger partial charge in [0.25, 0.3) is 5.91 Å². The van der Waals surface area contributed by atoms with Crippen molar-refractivity contribution < 1.29 is 4.79 Å². The summed E-state index contributed by atoms with van der Waals surface area (Å²) in [7, 11) is 0. The Balaban J connectivity index is 1.93. The van der Waals surface area contributed by atoms with Crippen molar-refractivity contribution in [1.82, 2.24) is 19.8 Å². The average molecular weight is 278 g/mol. The van der Waals surface area contributed by atoms with E-state index < -0.39 is 5.91 Å². The van der Waals surface area contributed by atoms with E-state index in [4.69, 9.17) is 5.26 Å². The summed E-state index contributed by atoms with van der Waals surface area (Å²) in [4.78, 5) is 12.2. The van der Waals surface area contributed by atoms with Crippen molar-refractivity contribution in [2.45, 2.75) is 6.92 Å². The second-order valence-corrected chi connectivity index (χ2v) is 4.35. The number of rotatable bonds is 2. The number of hydrogen-bond acceptors (Lipinski definition) is 5. The second-order valence-electron chi connectivity index (χ2n) is 4.35. The summed E-state index contributed by atoms with van der Waals surface area (Å²) in [6.07, 6.45) is 0.